The first kappa shape index (κ1) is 13.9. The van der Waals surface area contributed by atoms with Gasteiger partial charge in [-0.3, -0.25) is 4.79 Å². The second-order valence-electron chi connectivity index (χ2n) is 3.87. The average Bonchev–Trinajstić information content (AvgIpc) is 2.42. The highest BCUT2D eigenvalue weighted by atomic mass is 35.5. The van der Waals surface area contributed by atoms with Gasteiger partial charge < -0.3 is 5.84 Å². The summed E-state index contributed by atoms with van der Waals surface area (Å²) in [5, 5.41) is 8.94. The van der Waals surface area contributed by atoms with Crippen molar-refractivity contribution in [1.82, 2.24) is 14.9 Å². The number of nitrogens with zero attached hydrogens (tertiary/aromatic N) is 3. The van der Waals surface area contributed by atoms with E-state index >= 15 is 0 Å². The van der Waals surface area contributed by atoms with E-state index in [1.165, 1.54) is 11.8 Å². The SMILES string of the molecule is CCc1nnc(SCc2ccc(Cl)cc2)n(N)c1=O. The fourth-order valence-corrected chi connectivity index (χ4v) is 2.40. The summed E-state index contributed by atoms with van der Waals surface area (Å²) >= 11 is 7.17. The average molecular weight is 297 g/mol. The summed E-state index contributed by atoms with van der Waals surface area (Å²) in [7, 11) is 0. The van der Waals surface area contributed by atoms with Crippen LogP contribution in [-0.2, 0) is 12.2 Å². The number of nitrogens with two attached hydrogens (primary N) is 1. The van der Waals surface area contributed by atoms with Crippen molar-refractivity contribution in [2.24, 2.45) is 0 Å². The standard InChI is InChI=1S/C12H13ClN4OS/c1-2-10-11(18)17(14)12(16-15-10)19-7-8-3-5-9(13)6-4-8/h3-6H,2,7,14H2,1H3. The molecule has 0 aliphatic carbocycles. The third kappa shape index (κ3) is 3.27. The molecule has 2 N–H and O–H groups in total. The maximum absolute atomic E-state index is 11.8. The van der Waals surface area contributed by atoms with E-state index in [1.807, 2.05) is 31.2 Å². The van der Waals surface area contributed by atoms with Crippen molar-refractivity contribution in [3.63, 3.8) is 0 Å². The molecule has 0 saturated heterocycles. The van der Waals surface area contributed by atoms with Gasteiger partial charge in [0.05, 0.1) is 0 Å². The van der Waals surface area contributed by atoms with Crippen molar-refractivity contribution in [3.05, 3.63) is 50.9 Å². The lowest BCUT2D eigenvalue weighted by Crippen LogP contribution is -2.33. The highest BCUT2D eigenvalue weighted by Crippen LogP contribution is 2.19. The molecule has 0 saturated carbocycles. The molecule has 7 heteroatoms. The zero-order valence-corrected chi connectivity index (χ0v) is 11.9. The molecule has 5 nitrogen and oxygen atoms in total. The molecule has 100 valence electrons. The molecule has 0 radical (unpaired) electrons. The van der Waals surface area contributed by atoms with E-state index in [0.29, 0.717) is 28.0 Å². The van der Waals surface area contributed by atoms with Crippen molar-refractivity contribution < 1.29 is 0 Å². The minimum Gasteiger partial charge on any atom is -0.334 e. The normalized spacial score (nSPS) is 10.6. The van der Waals surface area contributed by atoms with Gasteiger partial charge in [0.25, 0.3) is 5.56 Å². The van der Waals surface area contributed by atoms with Gasteiger partial charge in [-0.05, 0) is 24.1 Å². The molecule has 2 rings (SSSR count). The van der Waals surface area contributed by atoms with Gasteiger partial charge in [0.1, 0.15) is 5.69 Å². The third-order valence-electron chi connectivity index (χ3n) is 2.54. The summed E-state index contributed by atoms with van der Waals surface area (Å²) in [6, 6.07) is 7.47. The van der Waals surface area contributed by atoms with Crippen LogP contribution in [0.15, 0.2) is 34.2 Å². The minimum atomic E-state index is -0.295. The van der Waals surface area contributed by atoms with Crippen LogP contribution in [0, 0.1) is 0 Å². The first-order chi connectivity index (χ1) is 9.11. The number of hydrogen-bond donors (Lipinski definition) is 1. The van der Waals surface area contributed by atoms with Crippen LogP contribution in [0.1, 0.15) is 18.2 Å². The Bertz CT molecular complexity index is 627. The highest BCUT2D eigenvalue weighted by Gasteiger charge is 2.09. The molecule has 19 heavy (non-hydrogen) atoms. The molecule has 0 aliphatic heterocycles. The fourth-order valence-electron chi connectivity index (χ4n) is 1.47. The Labute approximate surface area is 119 Å². The second kappa shape index (κ2) is 6.08. The molecule has 0 spiro atoms. The number of aromatic nitrogens is 3. The molecule has 0 atom stereocenters. The van der Waals surface area contributed by atoms with E-state index in [1.54, 1.807) is 0 Å². The van der Waals surface area contributed by atoms with Gasteiger partial charge in [-0.2, -0.15) is 4.68 Å². The summed E-state index contributed by atoms with van der Waals surface area (Å²) in [5.41, 5.74) is 1.15. The van der Waals surface area contributed by atoms with Gasteiger partial charge >= 0.3 is 0 Å². The van der Waals surface area contributed by atoms with E-state index in [0.717, 1.165) is 10.2 Å². The van der Waals surface area contributed by atoms with Gasteiger partial charge in [-0.15, -0.1) is 10.2 Å². The van der Waals surface area contributed by atoms with Crippen molar-refractivity contribution in [1.29, 1.82) is 0 Å². The maximum Gasteiger partial charge on any atom is 0.294 e. The van der Waals surface area contributed by atoms with Crippen LogP contribution in [0.3, 0.4) is 0 Å². The van der Waals surface area contributed by atoms with Crippen LogP contribution in [0.4, 0.5) is 0 Å². The number of halogens is 1. The topological polar surface area (TPSA) is 73.8 Å². The largest absolute Gasteiger partial charge is 0.334 e. The zero-order chi connectivity index (χ0) is 13.8. The van der Waals surface area contributed by atoms with E-state index in [4.69, 9.17) is 17.4 Å². The Balaban J connectivity index is 2.14. The molecule has 1 heterocycles. The summed E-state index contributed by atoms with van der Waals surface area (Å²) in [6.07, 6.45) is 0.519. The van der Waals surface area contributed by atoms with Gasteiger partial charge in [0.2, 0.25) is 5.16 Å². The van der Waals surface area contributed by atoms with Gasteiger partial charge in [-0.1, -0.05) is 42.4 Å². The summed E-state index contributed by atoms with van der Waals surface area (Å²) in [6.45, 7) is 1.84. The van der Waals surface area contributed by atoms with Crippen LogP contribution in [-0.4, -0.2) is 14.9 Å². The molecule has 0 fully saturated rings. The predicted octanol–water partition coefficient (Wildman–Crippen LogP) is 1.86. The Morgan fingerprint density at radius 3 is 2.63 bits per heavy atom. The predicted molar refractivity (Wildman–Crippen MR) is 76.8 cm³/mol. The lowest BCUT2D eigenvalue weighted by atomic mass is 10.2. The summed E-state index contributed by atoms with van der Waals surface area (Å²) < 4.78 is 1.05. The monoisotopic (exact) mass is 296 g/mol. The number of benzene rings is 1. The number of nitrogen functional groups attached to an aromatic ring is 1. The molecule has 1 aromatic carbocycles. The Morgan fingerprint density at radius 2 is 2.00 bits per heavy atom. The molecular formula is C12H13ClN4OS. The summed E-state index contributed by atoms with van der Waals surface area (Å²) in [4.78, 5) is 11.8. The Morgan fingerprint density at radius 1 is 1.32 bits per heavy atom. The molecular weight excluding hydrogens is 284 g/mol. The quantitative estimate of drug-likeness (QED) is 0.688. The van der Waals surface area contributed by atoms with Crippen LogP contribution < -0.4 is 11.4 Å². The molecule has 0 amide bonds. The lowest BCUT2D eigenvalue weighted by Gasteiger charge is -2.06. The fraction of sp³-hybridized carbons (Fsp3) is 0.250. The number of thioether (sulfide) groups is 1. The maximum atomic E-state index is 11.8. The number of hydrogen-bond acceptors (Lipinski definition) is 5. The number of rotatable bonds is 4. The molecule has 1 aromatic heterocycles. The lowest BCUT2D eigenvalue weighted by molar-refractivity contribution is 0.668. The van der Waals surface area contributed by atoms with Gasteiger partial charge in [0, 0.05) is 10.8 Å². The molecule has 0 aliphatic rings. The van der Waals surface area contributed by atoms with Crippen molar-refractivity contribution in [3.8, 4) is 0 Å². The highest BCUT2D eigenvalue weighted by molar-refractivity contribution is 7.98. The van der Waals surface area contributed by atoms with Crippen molar-refractivity contribution >= 4 is 23.4 Å². The number of aryl methyl sites for hydroxylation is 1. The smallest absolute Gasteiger partial charge is 0.294 e. The Hall–Kier alpha value is -1.53. The van der Waals surface area contributed by atoms with E-state index in [2.05, 4.69) is 10.2 Å². The molecule has 0 unspecified atom stereocenters. The van der Waals surface area contributed by atoms with Gasteiger partial charge in [-0.25, -0.2) is 0 Å². The first-order valence-corrected chi connectivity index (χ1v) is 7.09. The van der Waals surface area contributed by atoms with Gasteiger partial charge in [0.15, 0.2) is 0 Å². The first-order valence-electron chi connectivity index (χ1n) is 5.72. The van der Waals surface area contributed by atoms with E-state index < -0.39 is 0 Å². The van der Waals surface area contributed by atoms with Crippen LogP contribution >= 0.6 is 23.4 Å². The molecule has 2 aromatic rings. The van der Waals surface area contributed by atoms with Crippen LogP contribution in [0.5, 0.6) is 0 Å². The Kier molecular flexibility index (Phi) is 4.44. The zero-order valence-electron chi connectivity index (χ0n) is 10.3. The van der Waals surface area contributed by atoms with E-state index in [9.17, 15) is 4.79 Å². The third-order valence-corrected chi connectivity index (χ3v) is 3.81. The van der Waals surface area contributed by atoms with Crippen molar-refractivity contribution in [2.75, 3.05) is 5.84 Å². The molecule has 0 bridgehead atoms. The van der Waals surface area contributed by atoms with Crippen LogP contribution in [0.25, 0.3) is 0 Å². The second-order valence-corrected chi connectivity index (χ2v) is 5.25. The van der Waals surface area contributed by atoms with E-state index in [-0.39, 0.29) is 5.56 Å². The minimum absolute atomic E-state index is 0.295. The summed E-state index contributed by atoms with van der Waals surface area (Å²) in [5.74, 6) is 6.35. The van der Waals surface area contributed by atoms with Crippen LogP contribution in [0.2, 0.25) is 5.02 Å². The van der Waals surface area contributed by atoms with Crippen molar-refractivity contribution in [2.45, 2.75) is 24.3 Å².